The van der Waals surface area contributed by atoms with Crippen LogP contribution in [0.4, 0.5) is 4.39 Å². The molecule has 0 aliphatic heterocycles. The summed E-state index contributed by atoms with van der Waals surface area (Å²) in [4.78, 5) is 12.9. The first-order valence-corrected chi connectivity index (χ1v) is 12.0. The average molecular weight is 465 g/mol. The summed E-state index contributed by atoms with van der Waals surface area (Å²) in [5.41, 5.74) is 10.6. The Labute approximate surface area is 194 Å². The number of nitrogens with two attached hydrogens (primary N) is 1. The van der Waals surface area contributed by atoms with E-state index in [1.54, 1.807) is 17.8 Å². The lowest BCUT2D eigenvalue weighted by Crippen LogP contribution is -2.09. The van der Waals surface area contributed by atoms with Crippen molar-refractivity contribution in [3.05, 3.63) is 76.1 Å². The maximum absolute atomic E-state index is 12.8. The number of aryl methyl sites for hydroxylation is 1. The molecule has 0 unspecified atom stereocenters. The molecular weight excluding hydrogens is 431 g/mol. The van der Waals surface area contributed by atoms with Crippen LogP contribution in [0, 0.1) is 13.8 Å². The zero-order chi connectivity index (χ0) is 23.2. The number of allylic oxidation sites excluding steroid dienone is 5. The van der Waals surface area contributed by atoms with E-state index in [9.17, 15) is 9.18 Å². The lowest BCUT2D eigenvalue weighted by atomic mass is 10.0. The Morgan fingerprint density at radius 1 is 1.32 bits per heavy atom. The van der Waals surface area contributed by atoms with E-state index in [1.807, 2.05) is 32.2 Å². The van der Waals surface area contributed by atoms with E-state index in [1.165, 1.54) is 25.1 Å². The summed E-state index contributed by atoms with van der Waals surface area (Å²) in [6.07, 6.45) is 7.76. The number of hydrogen-bond donors (Lipinski definition) is 2. The van der Waals surface area contributed by atoms with Crippen LogP contribution in [-0.4, -0.2) is 25.4 Å². The number of rotatable bonds is 13. The second kappa shape index (κ2) is 14.9. The molecule has 1 aromatic rings. The van der Waals surface area contributed by atoms with Gasteiger partial charge in [0.1, 0.15) is 5.83 Å². The van der Waals surface area contributed by atoms with Crippen LogP contribution < -0.4 is 10.5 Å². The van der Waals surface area contributed by atoms with Gasteiger partial charge >= 0.3 is 5.97 Å². The summed E-state index contributed by atoms with van der Waals surface area (Å²) in [7, 11) is 1.39. The number of nitrogens with one attached hydrogen (secondary N) is 1. The number of thioether (sulfide) groups is 1. The molecule has 0 spiro atoms. The molecule has 0 aromatic heterocycles. The quantitative estimate of drug-likeness (QED) is 0.153. The van der Waals surface area contributed by atoms with Crippen molar-refractivity contribution in [1.82, 2.24) is 4.72 Å². The summed E-state index contributed by atoms with van der Waals surface area (Å²) < 4.78 is 21.0. The predicted molar refractivity (Wildman–Crippen MR) is 133 cm³/mol. The molecule has 3 N–H and O–H groups in total. The van der Waals surface area contributed by atoms with Crippen LogP contribution in [0.3, 0.4) is 0 Å². The third-order valence-corrected chi connectivity index (χ3v) is 6.20. The minimum Gasteiger partial charge on any atom is -0.465 e. The van der Waals surface area contributed by atoms with Crippen LogP contribution in [0.15, 0.2) is 64.3 Å². The number of halogens is 1. The second-order valence-corrected chi connectivity index (χ2v) is 8.80. The van der Waals surface area contributed by atoms with Crippen LogP contribution in [0.25, 0.3) is 0 Å². The number of methoxy groups -OCH3 is 1. The Morgan fingerprint density at radius 3 is 2.71 bits per heavy atom. The summed E-state index contributed by atoms with van der Waals surface area (Å²) in [6.45, 7) is 9.98. The van der Waals surface area contributed by atoms with Crippen molar-refractivity contribution in [3.8, 4) is 0 Å². The highest BCUT2D eigenvalue weighted by molar-refractivity contribution is 8.02. The van der Waals surface area contributed by atoms with Crippen molar-refractivity contribution in [3.63, 3.8) is 0 Å². The van der Waals surface area contributed by atoms with E-state index < -0.39 is 5.83 Å². The Bertz CT molecular complexity index is 848. The van der Waals surface area contributed by atoms with Crippen molar-refractivity contribution in [2.45, 2.75) is 44.9 Å². The third kappa shape index (κ3) is 10.8. The molecule has 0 saturated carbocycles. The highest BCUT2D eigenvalue weighted by Crippen LogP contribution is 2.23. The van der Waals surface area contributed by atoms with Gasteiger partial charge in [-0.1, -0.05) is 25.7 Å². The van der Waals surface area contributed by atoms with E-state index in [-0.39, 0.29) is 5.97 Å². The second-order valence-electron chi connectivity index (χ2n) is 6.98. The molecule has 0 heterocycles. The van der Waals surface area contributed by atoms with Gasteiger partial charge in [0.15, 0.2) is 0 Å². The van der Waals surface area contributed by atoms with Gasteiger partial charge in [-0.25, -0.2) is 9.18 Å². The zero-order valence-electron chi connectivity index (χ0n) is 18.8. The summed E-state index contributed by atoms with van der Waals surface area (Å²) in [5, 5.41) is 1.96. The Morgan fingerprint density at radius 2 is 2.06 bits per heavy atom. The molecule has 0 atom stereocenters. The van der Waals surface area contributed by atoms with E-state index >= 15 is 0 Å². The molecule has 0 amide bonds. The molecule has 0 fully saturated rings. The Hall–Kier alpha value is -1.96. The number of ether oxygens (including phenoxy) is 1. The van der Waals surface area contributed by atoms with Gasteiger partial charge in [-0.05, 0) is 85.4 Å². The molecule has 0 aliphatic carbocycles. The van der Waals surface area contributed by atoms with Gasteiger partial charge in [-0.2, -0.15) is 0 Å². The zero-order valence-corrected chi connectivity index (χ0v) is 20.4. The van der Waals surface area contributed by atoms with Gasteiger partial charge in [0.25, 0.3) is 0 Å². The number of esters is 1. The first-order valence-electron chi connectivity index (χ1n) is 10.1. The molecule has 7 heteroatoms. The van der Waals surface area contributed by atoms with Crippen molar-refractivity contribution in [2.24, 2.45) is 5.73 Å². The molecular formula is C24H33FN2O2S2. The monoisotopic (exact) mass is 464 g/mol. The normalized spacial score (nSPS) is 12.4. The molecule has 0 aliphatic rings. The molecule has 1 aromatic carbocycles. The highest BCUT2D eigenvalue weighted by Gasteiger charge is 2.12. The van der Waals surface area contributed by atoms with Gasteiger partial charge < -0.3 is 10.5 Å². The van der Waals surface area contributed by atoms with Gasteiger partial charge in [0.05, 0.1) is 12.7 Å². The highest BCUT2D eigenvalue weighted by atomic mass is 32.2. The predicted octanol–water partition coefficient (Wildman–Crippen LogP) is 6.38. The van der Waals surface area contributed by atoms with Crippen LogP contribution >= 0.6 is 23.7 Å². The lowest BCUT2D eigenvalue weighted by Gasteiger charge is -2.11. The molecule has 1 rings (SSSR count). The van der Waals surface area contributed by atoms with Crippen LogP contribution in [0.5, 0.6) is 0 Å². The minimum absolute atomic E-state index is 0.319. The first kappa shape index (κ1) is 27.1. The smallest absolute Gasteiger partial charge is 0.338 e. The summed E-state index contributed by atoms with van der Waals surface area (Å²) in [5.74, 6) is -0.0305. The Balaban J connectivity index is 2.42. The summed E-state index contributed by atoms with van der Waals surface area (Å²) in [6, 6.07) is 3.91. The third-order valence-electron chi connectivity index (χ3n) is 4.41. The van der Waals surface area contributed by atoms with Crippen LogP contribution in [0.2, 0.25) is 0 Å². The lowest BCUT2D eigenvalue weighted by molar-refractivity contribution is 0.0599. The fourth-order valence-electron chi connectivity index (χ4n) is 2.64. The maximum atomic E-state index is 12.8. The average Bonchev–Trinajstić information content (AvgIpc) is 2.73. The maximum Gasteiger partial charge on any atom is 0.338 e. The molecule has 170 valence electrons. The van der Waals surface area contributed by atoms with Gasteiger partial charge in [0.2, 0.25) is 0 Å². The van der Waals surface area contributed by atoms with Crippen molar-refractivity contribution in [1.29, 1.82) is 0 Å². The van der Waals surface area contributed by atoms with Gasteiger partial charge in [-0.3, -0.25) is 4.72 Å². The number of carbonyl (C=O) groups is 1. The summed E-state index contributed by atoms with van der Waals surface area (Å²) >= 11 is 3.10. The number of hydrogen-bond acceptors (Lipinski definition) is 6. The van der Waals surface area contributed by atoms with Crippen molar-refractivity contribution < 1.29 is 13.9 Å². The molecule has 0 saturated heterocycles. The van der Waals surface area contributed by atoms with Crippen molar-refractivity contribution >= 4 is 29.7 Å². The van der Waals surface area contributed by atoms with Gasteiger partial charge in [-0.15, -0.1) is 11.8 Å². The van der Waals surface area contributed by atoms with E-state index in [4.69, 9.17) is 10.5 Å². The van der Waals surface area contributed by atoms with E-state index in [0.717, 1.165) is 58.9 Å². The molecule has 0 bridgehead atoms. The number of benzene rings is 1. The fourth-order valence-corrected chi connectivity index (χ4v) is 4.29. The molecule has 31 heavy (non-hydrogen) atoms. The Kier molecular flexibility index (Phi) is 13.1. The van der Waals surface area contributed by atoms with Gasteiger partial charge in [0, 0.05) is 22.9 Å². The molecule has 4 nitrogen and oxygen atoms in total. The number of carbonyl (C=O) groups excluding carboxylic acids is 1. The minimum atomic E-state index is -0.449. The van der Waals surface area contributed by atoms with E-state index in [2.05, 4.69) is 23.4 Å². The SMILES string of the molecule is C=C(F)/C=C\C(=C/CC)CS/C=C(\N)CCCNSc1cc(C)c(C)c(C(=O)OC)c1. The van der Waals surface area contributed by atoms with Crippen LogP contribution in [-0.2, 0) is 4.74 Å². The molecule has 0 radical (unpaired) electrons. The topological polar surface area (TPSA) is 64.3 Å². The van der Waals surface area contributed by atoms with Crippen molar-refractivity contribution in [2.75, 3.05) is 19.4 Å². The standard InChI is InChI=1S/C24H33FN2O2S2/c1-6-8-20(11-10-18(3)25)15-30-16-21(26)9-7-12-27-31-22-13-17(2)19(4)23(14-22)24(28)29-5/h8,10-11,13-14,16,27H,3,6-7,9,12,15,26H2,1-2,4-5H3/b11-10-,20-8+,21-16-. The van der Waals surface area contributed by atoms with Crippen LogP contribution in [0.1, 0.15) is 47.7 Å². The fraction of sp³-hybridized carbons (Fsp3) is 0.375. The first-order chi connectivity index (χ1) is 14.8. The van der Waals surface area contributed by atoms with E-state index in [0.29, 0.717) is 5.56 Å². The largest absolute Gasteiger partial charge is 0.465 e.